The Morgan fingerprint density at radius 1 is 1.59 bits per heavy atom. The molecule has 8 heteroatoms. The molecule has 1 saturated heterocycles. The second-order valence-electron chi connectivity index (χ2n) is 4.29. The van der Waals surface area contributed by atoms with Crippen molar-refractivity contribution in [3.8, 4) is 0 Å². The first-order valence-corrected chi connectivity index (χ1v) is 7.28. The van der Waals surface area contributed by atoms with E-state index in [1.54, 1.807) is 7.05 Å². The third kappa shape index (κ3) is 2.37. The van der Waals surface area contributed by atoms with Crippen LogP contribution in [0, 0.1) is 0 Å². The second-order valence-corrected chi connectivity index (χ2v) is 6.25. The Balaban J connectivity index is 2.36. The van der Waals surface area contributed by atoms with Crippen molar-refractivity contribution in [2.45, 2.75) is 17.4 Å². The number of hydrogen-bond donors (Lipinski definition) is 3. The maximum Gasteiger partial charge on any atom is 0.182 e. The van der Waals surface area contributed by atoms with Crippen molar-refractivity contribution in [3.05, 3.63) is 0 Å². The van der Waals surface area contributed by atoms with E-state index in [2.05, 4.69) is 15.7 Å². The van der Waals surface area contributed by atoms with E-state index < -0.39 is 9.84 Å². The van der Waals surface area contributed by atoms with E-state index in [9.17, 15) is 8.42 Å². The van der Waals surface area contributed by atoms with Gasteiger partial charge < -0.3 is 16.4 Å². The minimum atomic E-state index is -3.38. The molecular formula is C9H17N5O2S. The van der Waals surface area contributed by atoms with Gasteiger partial charge in [0.2, 0.25) is 0 Å². The lowest BCUT2D eigenvalue weighted by Gasteiger charge is -2.11. The fourth-order valence-corrected chi connectivity index (χ4v) is 2.91. The van der Waals surface area contributed by atoms with Gasteiger partial charge in [-0.1, -0.05) is 0 Å². The standard InChI is InChI=1S/C9H17N5O2S/c1-14-8(10)7(17(2,15)16)9(13-14)12-6-3-4-11-5-6/h6,11H,3-5,10H2,1-2H3,(H,12,13). The van der Waals surface area contributed by atoms with E-state index in [1.807, 2.05) is 0 Å². The van der Waals surface area contributed by atoms with Crippen molar-refractivity contribution in [2.75, 3.05) is 30.4 Å². The lowest BCUT2D eigenvalue weighted by Crippen LogP contribution is -2.23. The summed E-state index contributed by atoms with van der Waals surface area (Å²) in [6.45, 7) is 1.73. The summed E-state index contributed by atoms with van der Waals surface area (Å²) in [6, 6.07) is 0.199. The van der Waals surface area contributed by atoms with Crippen LogP contribution in [0.3, 0.4) is 0 Å². The van der Waals surface area contributed by atoms with E-state index in [0.717, 1.165) is 25.8 Å². The minimum absolute atomic E-state index is 0.0897. The van der Waals surface area contributed by atoms with E-state index >= 15 is 0 Å². The summed E-state index contributed by atoms with van der Waals surface area (Å²) < 4.78 is 24.7. The van der Waals surface area contributed by atoms with E-state index in [0.29, 0.717) is 5.82 Å². The topological polar surface area (TPSA) is 102 Å². The Labute approximate surface area is 100 Å². The van der Waals surface area contributed by atoms with Crippen LogP contribution in [0.4, 0.5) is 11.6 Å². The normalized spacial score (nSPS) is 20.7. The Bertz CT molecular complexity index is 516. The van der Waals surface area contributed by atoms with Gasteiger partial charge in [0.15, 0.2) is 20.6 Å². The number of rotatable bonds is 3. The smallest absolute Gasteiger partial charge is 0.182 e. The summed E-state index contributed by atoms with van der Waals surface area (Å²) in [5.41, 5.74) is 5.73. The van der Waals surface area contributed by atoms with Crippen LogP contribution in [0.1, 0.15) is 6.42 Å². The van der Waals surface area contributed by atoms with Gasteiger partial charge >= 0.3 is 0 Å². The Kier molecular flexibility index (Phi) is 3.00. The van der Waals surface area contributed by atoms with Gasteiger partial charge in [-0.25, -0.2) is 13.1 Å². The third-order valence-electron chi connectivity index (χ3n) is 2.82. The quantitative estimate of drug-likeness (QED) is 0.655. The van der Waals surface area contributed by atoms with Crippen molar-refractivity contribution in [3.63, 3.8) is 0 Å². The molecule has 0 saturated carbocycles. The monoisotopic (exact) mass is 259 g/mol. The van der Waals surface area contributed by atoms with Gasteiger partial charge in [0.1, 0.15) is 5.82 Å². The van der Waals surface area contributed by atoms with E-state index in [1.165, 1.54) is 4.68 Å². The van der Waals surface area contributed by atoms with Gasteiger partial charge in [-0.05, 0) is 13.0 Å². The third-order valence-corrected chi connectivity index (χ3v) is 3.96. The lowest BCUT2D eigenvalue weighted by molar-refractivity contribution is 0.602. The predicted octanol–water partition coefficient (Wildman–Crippen LogP) is -0.820. The Hall–Kier alpha value is -1.28. The Morgan fingerprint density at radius 3 is 2.82 bits per heavy atom. The summed E-state index contributed by atoms with van der Waals surface area (Å²) in [7, 11) is -1.75. The van der Waals surface area contributed by atoms with E-state index in [-0.39, 0.29) is 16.8 Å². The molecule has 0 radical (unpaired) electrons. The predicted molar refractivity (Wildman–Crippen MR) is 65.6 cm³/mol. The average Bonchev–Trinajstić information content (AvgIpc) is 2.76. The number of hydrogen-bond acceptors (Lipinski definition) is 6. The maximum absolute atomic E-state index is 11.7. The molecule has 0 amide bonds. The fraction of sp³-hybridized carbons (Fsp3) is 0.667. The van der Waals surface area contributed by atoms with Crippen LogP contribution in [-0.2, 0) is 16.9 Å². The average molecular weight is 259 g/mol. The number of nitrogens with zero attached hydrogens (tertiary/aromatic N) is 2. The highest BCUT2D eigenvalue weighted by molar-refractivity contribution is 7.91. The number of nitrogen functional groups attached to an aromatic ring is 1. The van der Waals surface area contributed by atoms with Crippen LogP contribution in [-0.4, -0.2) is 43.6 Å². The molecular weight excluding hydrogens is 242 g/mol. The first-order valence-electron chi connectivity index (χ1n) is 5.39. The first-order chi connectivity index (χ1) is 7.89. The lowest BCUT2D eigenvalue weighted by atomic mass is 10.2. The van der Waals surface area contributed by atoms with Crippen LogP contribution in [0.5, 0.6) is 0 Å². The zero-order valence-electron chi connectivity index (χ0n) is 9.90. The number of nitrogens with one attached hydrogen (secondary N) is 2. The van der Waals surface area contributed by atoms with Crippen LogP contribution in [0.25, 0.3) is 0 Å². The van der Waals surface area contributed by atoms with Crippen molar-refractivity contribution >= 4 is 21.5 Å². The molecule has 0 aliphatic carbocycles. The molecule has 2 rings (SSSR count). The molecule has 96 valence electrons. The van der Waals surface area contributed by atoms with E-state index in [4.69, 9.17) is 5.73 Å². The van der Waals surface area contributed by atoms with Gasteiger partial charge in [-0.3, -0.25) is 0 Å². The minimum Gasteiger partial charge on any atom is -0.383 e. The molecule has 2 heterocycles. The van der Waals surface area contributed by atoms with Crippen LogP contribution >= 0.6 is 0 Å². The van der Waals surface area contributed by atoms with Crippen LogP contribution in [0.15, 0.2) is 4.90 Å². The molecule has 1 atom stereocenters. The van der Waals surface area contributed by atoms with Gasteiger partial charge in [0.25, 0.3) is 0 Å². The molecule has 1 unspecified atom stereocenters. The zero-order valence-corrected chi connectivity index (χ0v) is 10.7. The summed E-state index contributed by atoms with van der Waals surface area (Å²) in [5.74, 6) is 0.516. The van der Waals surface area contributed by atoms with Gasteiger partial charge in [-0.2, -0.15) is 5.10 Å². The van der Waals surface area contributed by atoms with Crippen molar-refractivity contribution in [1.82, 2.24) is 15.1 Å². The number of anilines is 2. The molecule has 17 heavy (non-hydrogen) atoms. The number of aryl methyl sites for hydroxylation is 1. The highest BCUT2D eigenvalue weighted by atomic mass is 32.2. The molecule has 1 aromatic rings. The Morgan fingerprint density at radius 2 is 2.29 bits per heavy atom. The molecule has 1 aromatic heterocycles. The van der Waals surface area contributed by atoms with Crippen molar-refractivity contribution in [2.24, 2.45) is 7.05 Å². The number of sulfone groups is 1. The van der Waals surface area contributed by atoms with Crippen molar-refractivity contribution < 1.29 is 8.42 Å². The number of nitrogens with two attached hydrogens (primary N) is 1. The fourth-order valence-electron chi connectivity index (χ4n) is 1.95. The summed E-state index contributed by atoms with van der Waals surface area (Å²) in [4.78, 5) is 0.0897. The maximum atomic E-state index is 11.7. The molecule has 7 nitrogen and oxygen atoms in total. The summed E-state index contributed by atoms with van der Waals surface area (Å²) >= 11 is 0. The first kappa shape index (κ1) is 12.2. The largest absolute Gasteiger partial charge is 0.383 e. The molecule has 0 spiro atoms. The second kappa shape index (κ2) is 4.19. The van der Waals surface area contributed by atoms with Crippen LogP contribution < -0.4 is 16.4 Å². The molecule has 1 fully saturated rings. The van der Waals surface area contributed by atoms with Crippen molar-refractivity contribution in [1.29, 1.82) is 0 Å². The molecule has 0 aromatic carbocycles. The number of aromatic nitrogens is 2. The molecule has 0 bridgehead atoms. The van der Waals surface area contributed by atoms with Gasteiger partial charge in [-0.15, -0.1) is 0 Å². The molecule has 4 N–H and O–H groups in total. The summed E-state index contributed by atoms with van der Waals surface area (Å²) in [5, 5.41) is 10.4. The van der Waals surface area contributed by atoms with Gasteiger partial charge in [0, 0.05) is 25.9 Å². The highest BCUT2D eigenvalue weighted by Gasteiger charge is 2.25. The molecule has 1 aliphatic rings. The zero-order chi connectivity index (χ0) is 12.6. The van der Waals surface area contributed by atoms with Crippen LogP contribution in [0.2, 0.25) is 0 Å². The summed E-state index contributed by atoms with van der Waals surface area (Å²) in [6.07, 6.45) is 2.08. The van der Waals surface area contributed by atoms with Gasteiger partial charge in [0.05, 0.1) is 0 Å². The highest BCUT2D eigenvalue weighted by Crippen LogP contribution is 2.27. The SMILES string of the molecule is Cn1nc(NC2CCNC2)c(S(C)(=O)=O)c1N. The molecule has 1 aliphatic heterocycles.